The molecule has 0 aliphatic rings. The number of hydrogen-bond acceptors (Lipinski definition) is 4. The van der Waals surface area contributed by atoms with Crippen molar-refractivity contribution in [3.63, 3.8) is 0 Å². The summed E-state index contributed by atoms with van der Waals surface area (Å²) in [6, 6.07) is 7.39. The Bertz CT molecular complexity index is 650. The molecule has 0 aliphatic carbocycles. The molecular formula is C15H15BrN2O3S. The summed E-state index contributed by atoms with van der Waals surface area (Å²) in [6.45, 7) is 0.794. The van der Waals surface area contributed by atoms with Crippen molar-refractivity contribution in [2.24, 2.45) is 0 Å². The highest BCUT2D eigenvalue weighted by molar-refractivity contribution is 9.11. The van der Waals surface area contributed by atoms with Crippen molar-refractivity contribution in [1.29, 1.82) is 0 Å². The zero-order valence-electron chi connectivity index (χ0n) is 11.7. The third kappa shape index (κ3) is 5.87. The van der Waals surface area contributed by atoms with Gasteiger partial charge in [-0.3, -0.25) is 9.59 Å². The van der Waals surface area contributed by atoms with Gasteiger partial charge in [-0.05, 0) is 46.3 Å². The van der Waals surface area contributed by atoms with Gasteiger partial charge in [-0.25, -0.2) is 0 Å². The molecule has 0 aliphatic heterocycles. The Balaban J connectivity index is 1.61. The molecule has 0 fully saturated rings. The van der Waals surface area contributed by atoms with Crippen molar-refractivity contribution in [2.75, 3.05) is 6.54 Å². The van der Waals surface area contributed by atoms with Crippen LogP contribution in [0.4, 0.5) is 0 Å². The summed E-state index contributed by atoms with van der Waals surface area (Å²) in [4.78, 5) is 24.2. The zero-order valence-corrected chi connectivity index (χ0v) is 14.1. The van der Waals surface area contributed by atoms with E-state index in [-0.39, 0.29) is 18.2 Å². The molecule has 0 unspecified atom stereocenters. The molecule has 2 heterocycles. The first kappa shape index (κ1) is 16.5. The maximum Gasteiger partial charge on any atom is 0.244 e. The van der Waals surface area contributed by atoms with Crippen molar-refractivity contribution < 1.29 is 14.0 Å². The van der Waals surface area contributed by atoms with Crippen LogP contribution in [0.5, 0.6) is 0 Å². The van der Waals surface area contributed by atoms with Crippen molar-refractivity contribution in [3.8, 4) is 0 Å². The highest BCUT2D eigenvalue weighted by Crippen LogP contribution is 2.21. The fourth-order valence-corrected chi connectivity index (χ4v) is 3.05. The van der Waals surface area contributed by atoms with Gasteiger partial charge in [0, 0.05) is 23.9 Å². The number of rotatable bonds is 7. The van der Waals surface area contributed by atoms with Crippen molar-refractivity contribution in [3.05, 3.63) is 51.0 Å². The number of furan rings is 1. The van der Waals surface area contributed by atoms with E-state index in [0.717, 1.165) is 8.66 Å². The van der Waals surface area contributed by atoms with E-state index in [2.05, 4.69) is 26.6 Å². The Morgan fingerprint density at radius 3 is 2.82 bits per heavy atom. The molecule has 0 spiro atoms. The molecule has 2 N–H and O–H groups in total. The number of amides is 2. The molecule has 0 saturated heterocycles. The molecule has 0 saturated carbocycles. The third-order valence-electron chi connectivity index (χ3n) is 2.68. The van der Waals surface area contributed by atoms with E-state index >= 15 is 0 Å². The SMILES string of the molecule is O=C(/C=C/c1ccco1)NCCC(=O)NCc1ccc(Br)s1. The van der Waals surface area contributed by atoms with Crippen LogP contribution in [0.25, 0.3) is 6.08 Å². The fourth-order valence-electron chi connectivity index (χ4n) is 1.62. The average molecular weight is 383 g/mol. The summed E-state index contributed by atoms with van der Waals surface area (Å²) in [7, 11) is 0. The van der Waals surface area contributed by atoms with Crippen LogP contribution in [0.3, 0.4) is 0 Å². The van der Waals surface area contributed by atoms with Crippen LogP contribution in [0.1, 0.15) is 17.1 Å². The number of hydrogen-bond donors (Lipinski definition) is 2. The minimum Gasteiger partial charge on any atom is -0.465 e. The Hall–Kier alpha value is -1.86. The van der Waals surface area contributed by atoms with E-state index in [9.17, 15) is 9.59 Å². The third-order valence-corrected chi connectivity index (χ3v) is 4.31. The molecule has 2 amide bonds. The molecule has 0 aromatic carbocycles. The summed E-state index contributed by atoms with van der Waals surface area (Å²) in [6.07, 6.45) is 4.73. The number of carbonyl (C=O) groups is 2. The minimum absolute atomic E-state index is 0.0974. The number of carbonyl (C=O) groups excluding carboxylic acids is 2. The van der Waals surface area contributed by atoms with Gasteiger partial charge < -0.3 is 15.1 Å². The van der Waals surface area contributed by atoms with Crippen molar-refractivity contribution >= 4 is 45.2 Å². The Morgan fingerprint density at radius 2 is 2.14 bits per heavy atom. The lowest BCUT2D eigenvalue weighted by atomic mass is 10.3. The molecule has 2 aromatic rings. The summed E-state index contributed by atoms with van der Waals surface area (Å²) >= 11 is 4.95. The van der Waals surface area contributed by atoms with E-state index in [1.165, 1.54) is 12.3 Å². The average Bonchev–Trinajstić information content (AvgIpc) is 3.14. The van der Waals surface area contributed by atoms with E-state index < -0.39 is 0 Å². The van der Waals surface area contributed by atoms with Crippen LogP contribution < -0.4 is 10.6 Å². The first-order chi connectivity index (χ1) is 10.6. The predicted octanol–water partition coefficient (Wildman–Crippen LogP) is 2.94. The molecule has 22 heavy (non-hydrogen) atoms. The second kappa shape index (κ2) is 8.55. The van der Waals surface area contributed by atoms with Gasteiger partial charge in [0.1, 0.15) is 5.76 Å². The summed E-state index contributed by atoms with van der Waals surface area (Å²) < 4.78 is 6.10. The minimum atomic E-state index is -0.258. The van der Waals surface area contributed by atoms with Crippen molar-refractivity contribution in [2.45, 2.75) is 13.0 Å². The molecule has 0 atom stereocenters. The van der Waals surface area contributed by atoms with E-state index in [4.69, 9.17) is 4.42 Å². The maximum absolute atomic E-state index is 11.6. The lowest BCUT2D eigenvalue weighted by molar-refractivity contribution is -0.121. The largest absolute Gasteiger partial charge is 0.465 e. The highest BCUT2D eigenvalue weighted by atomic mass is 79.9. The zero-order chi connectivity index (χ0) is 15.8. The molecule has 116 valence electrons. The fraction of sp³-hybridized carbons (Fsp3) is 0.200. The summed E-state index contributed by atoms with van der Waals surface area (Å²) in [5.74, 6) is 0.251. The van der Waals surface area contributed by atoms with Gasteiger partial charge in [0.15, 0.2) is 0 Å². The van der Waals surface area contributed by atoms with Gasteiger partial charge in [0.05, 0.1) is 16.6 Å². The Morgan fingerprint density at radius 1 is 1.27 bits per heavy atom. The maximum atomic E-state index is 11.6. The normalized spacial score (nSPS) is 10.8. The Labute approximate surface area is 140 Å². The van der Waals surface area contributed by atoms with Gasteiger partial charge in [-0.1, -0.05) is 0 Å². The smallest absolute Gasteiger partial charge is 0.244 e. The van der Waals surface area contributed by atoms with Crippen LogP contribution in [0.2, 0.25) is 0 Å². The lowest BCUT2D eigenvalue weighted by Crippen LogP contribution is -2.29. The van der Waals surface area contributed by atoms with E-state index in [0.29, 0.717) is 18.8 Å². The summed E-state index contributed by atoms with van der Waals surface area (Å²) in [5.41, 5.74) is 0. The van der Waals surface area contributed by atoms with Gasteiger partial charge in [-0.15, -0.1) is 11.3 Å². The van der Waals surface area contributed by atoms with E-state index in [1.807, 2.05) is 12.1 Å². The predicted molar refractivity (Wildman–Crippen MR) is 89.2 cm³/mol. The van der Waals surface area contributed by atoms with Crippen LogP contribution in [0.15, 0.2) is 44.8 Å². The van der Waals surface area contributed by atoms with Crippen LogP contribution in [-0.4, -0.2) is 18.4 Å². The molecule has 5 nitrogen and oxygen atoms in total. The van der Waals surface area contributed by atoms with Crippen LogP contribution in [-0.2, 0) is 16.1 Å². The Kier molecular flexibility index (Phi) is 6.42. The number of halogens is 1. The first-order valence-corrected chi connectivity index (χ1v) is 8.25. The van der Waals surface area contributed by atoms with E-state index in [1.54, 1.807) is 29.5 Å². The number of nitrogens with one attached hydrogen (secondary N) is 2. The van der Waals surface area contributed by atoms with Crippen molar-refractivity contribution in [1.82, 2.24) is 10.6 Å². The molecule has 0 bridgehead atoms. The van der Waals surface area contributed by atoms with Gasteiger partial charge in [0.25, 0.3) is 0 Å². The second-order valence-corrected chi connectivity index (χ2v) is 6.92. The van der Waals surface area contributed by atoms with Gasteiger partial charge >= 0.3 is 0 Å². The number of thiophene rings is 1. The molecular weight excluding hydrogens is 368 g/mol. The quantitative estimate of drug-likeness (QED) is 0.723. The molecule has 7 heteroatoms. The lowest BCUT2D eigenvalue weighted by Gasteiger charge is -2.04. The second-order valence-electron chi connectivity index (χ2n) is 4.37. The first-order valence-electron chi connectivity index (χ1n) is 6.64. The standard InChI is InChI=1S/C15H15BrN2O3S/c16-13-5-4-12(22-13)10-18-15(20)7-8-17-14(19)6-3-11-2-1-9-21-11/h1-6,9H,7-8,10H2,(H,17,19)(H,18,20)/b6-3+. The molecule has 2 rings (SSSR count). The monoisotopic (exact) mass is 382 g/mol. The topological polar surface area (TPSA) is 71.3 Å². The van der Waals surface area contributed by atoms with Crippen LogP contribution >= 0.6 is 27.3 Å². The highest BCUT2D eigenvalue weighted by Gasteiger charge is 2.04. The summed E-state index contributed by atoms with van der Waals surface area (Å²) in [5, 5.41) is 5.45. The van der Waals surface area contributed by atoms with Crippen LogP contribution in [0, 0.1) is 0 Å². The molecule has 2 aromatic heterocycles. The van der Waals surface area contributed by atoms with Gasteiger partial charge in [-0.2, -0.15) is 0 Å². The molecule has 0 radical (unpaired) electrons. The van der Waals surface area contributed by atoms with Gasteiger partial charge in [0.2, 0.25) is 11.8 Å².